The summed E-state index contributed by atoms with van der Waals surface area (Å²) in [6.07, 6.45) is 4.31. The number of likely N-dealkylation sites (N-methyl/N-ethyl adjacent to an activating group) is 1. The van der Waals surface area contributed by atoms with E-state index in [-0.39, 0.29) is 18.9 Å². The van der Waals surface area contributed by atoms with Crippen LogP contribution in [0, 0.1) is 11.3 Å². The summed E-state index contributed by atoms with van der Waals surface area (Å²) < 4.78 is 20.2. The van der Waals surface area contributed by atoms with Gasteiger partial charge in [-0.15, -0.1) is 0 Å². The highest BCUT2D eigenvalue weighted by atomic mass is 19.1. The maximum Gasteiger partial charge on any atom is 0.282 e. The Morgan fingerprint density at radius 2 is 1.95 bits per heavy atom. The number of para-hydroxylation sites is 1. The number of hydrogen-bond donors (Lipinski definition) is 0. The van der Waals surface area contributed by atoms with Crippen LogP contribution >= 0.6 is 0 Å². The van der Waals surface area contributed by atoms with E-state index in [1.807, 2.05) is 13.1 Å². The molecule has 2 fully saturated rings. The molecule has 0 N–H and O–H groups in total. The van der Waals surface area contributed by atoms with E-state index in [0.29, 0.717) is 44.6 Å². The second kappa shape index (κ2) is 12.4. The standard InChI is InChI=1S/C33H40FN7O3/c1-22(34)33(43)41-17-16-40(19-24(41)11-13-35)29-18-30(44-21-25-7-5-14-37(25)2)36-27-20-39(15-12-26(27)29)28-8-4-6-23-9-10-31(42)38(3)32(23)28/h4,6,8,18,24-25H,1,5,7,9-12,14-17,19-21H2,2-3H3/t24-,25-/m0/s1. The summed E-state index contributed by atoms with van der Waals surface area (Å²) in [5, 5.41) is 9.51. The number of nitriles is 1. The molecule has 11 heteroatoms. The van der Waals surface area contributed by atoms with Gasteiger partial charge in [0.2, 0.25) is 11.8 Å². The molecule has 0 bridgehead atoms. The Kier molecular flexibility index (Phi) is 8.45. The molecule has 0 unspecified atom stereocenters. The summed E-state index contributed by atoms with van der Waals surface area (Å²) in [4.78, 5) is 40.2. The minimum atomic E-state index is -1.01. The number of likely N-dealkylation sites (tertiary alicyclic amines) is 1. The molecule has 1 aromatic carbocycles. The van der Waals surface area contributed by atoms with Gasteiger partial charge >= 0.3 is 0 Å². The fraction of sp³-hybridized carbons (Fsp3) is 0.515. The van der Waals surface area contributed by atoms with Crippen molar-refractivity contribution in [2.75, 3.05) is 68.1 Å². The minimum Gasteiger partial charge on any atom is -0.476 e. The predicted molar refractivity (Wildman–Crippen MR) is 167 cm³/mol. The summed E-state index contributed by atoms with van der Waals surface area (Å²) >= 11 is 0. The molecule has 4 aliphatic heterocycles. The monoisotopic (exact) mass is 601 g/mol. The van der Waals surface area contributed by atoms with Crippen molar-refractivity contribution in [3.63, 3.8) is 0 Å². The van der Waals surface area contributed by atoms with Crippen molar-refractivity contribution in [3.05, 3.63) is 53.5 Å². The first-order chi connectivity index (χ1) is 21.2. The number of nitrogens with zero attached hydrogens (tertiary/aromatic N) is 7. The zero-order chi connectivity index (χ0) is 31.0. The molecule has 4 aliphatic rings. The van der Waals surface area contributed by atoms with Crippen LogP contribution in [0.3, 0.4) is 0 Å². The van der Waals surface area contributed by atoms with Crippen LogP contribution in [0.2, 0.25) is 0 Å². The number of carbonyl (C=O) groups is 2. The van der Waals surface area contributed by atoms with Crippen LogP contribution < -0.4 is 19.4 Å². The summed E-state index contributed by atoms with van der Waals surface area (Å²) in [7, 11) is 3.97. The zero-order valence-electron chi connectivity index (χ0n) is 25.6. The molecule has 2 atom stereocenters. The Hall–Kier alpha value is -4.17. The number of anilines is 3. The van der Waals surface area contributed by atoms with E-state index in [4.69, 9.17) is 9.72 Å². The SMILES string of the molecule is C=C(F)C(=O)N1CCN(c2cc(OC[C@@H]3CCCN3C)nc3c2CCN(c2cccc4c2N(C)C(=O)CC4)C3)C[C@@H]1CC#N. The Balaban J connectivity index is 1.33. The van der Waals surface area contributed by atoms with Gasteiger partial charge in [0, 0.05) is 63.0 Å². The van der Waals surface area contributed by atoms with Crippen molar-refractivity contribution in [2.45, 2.75) is 57.2 Å². The highest BCUT2D eigenvalue weighted by Gasteiger charge is 2.35. The molecule has 0 spiro atoms. The van der Waals surface area contributed by atoms with E-state index in [9.17, 15) is 19.2 Å². The van der Waals surface area contributed by atoms with Gasteiger partial charge in [-0.1, -0.05) is 18.7 Å². The van der Waals surface area contributed by atoms with E-state index in [2.05, 4.69) is 52.6 Å². The lowest BCUT2D eigenvalue weighted by molar-refractivity contribution is -0.131. The third-order valence-electron chi connectivity index (χ3n) is 9.63. The Labute approximate surface area is 258 Å². The first-order valence-corrected chi connectivity index (χ1v) is 15.5. The first-order valence-electron chi connectivity index (χ1n) is 15.5. The van der Waals surface area contributed by atoms with Crippen molar-refractivity contribution in [2.24, 2.45) is 0 Å². The average Bonchev–Trinajstić information content (AvgIpc) is 3.44. The number of benzene rings is 1. The molecule has 232 valence electrons. The summed E-state index contributed by atoms with van der Waals surface area (Å²) in [6, 6.07) is 10.3. The van der Waals surface area contributed by atoms with Gasteiger partial charge in [0.25, 0.3) is 5.91 Å². The number of rotatable bonds is 7. The largest absolute Gasteiger partial charge is 0.476 e. The number of pyridine rings is 1. The number of fused-ring (bicyclic) bond motifs is 2. The molecule has 0 radical (unpaired) electrons. The zero-order valence-corrected chi connectivity index (χ0v) is 25.6. The number of hydrogen-bond acceptors (Lipinski definition) is 8. The quantitative estimate of drug-likeness (QED) is 0.446. The molecule has 0 aliphatic carbocycles. The molecular formula is C33H40FN7O3. The van der Waals surface area contributed by atoms with Gasteiger partial charge in [0.05, 0.1) is 42.1 Å². The molecule has 5 heterocycles. The van der Waals surface area contributed by atoms with Crippen LogP contribution in [0.5, 0.6) is 5.88 Å². The van der Waals surface area contributed by atoms with Gasteiger partial charge in [-0.05, 0) is 50.9 Å². The molecule has 2 saturated heterocycles. The number of piperazine rings is 1. The topological polar surface area (TPSA) is 96.2 Å². The predicted octanol–water partition coefficient (Wildman–Crippen LogP) is 3.44. The molecule has 2 aromatic rings. The van der Waals surface area contributed by atoms with Crippen LogP contribution in [-0.4, -0.2) is 92.1 Å². The number of amides is 2. The number of halogens is 1. The molecule has 1 aromatic heterocycles. The normalized spacial score (nSPS) is 22.0. The van der Waals surface area contributed by atoms with E-state index in [1.54, 1.807) is 4.90 Å². The van der Waals surface area contributed by atoms with E-state index >= 15 is 0 Å². The fourth-order valence-corrected chi connectivity index (χ4v) is 7.16. The van der Waals surface area contributed by atoms with Crippen LogP contribution in [0.4, 0.5) is 21.5 Å². The van der Waals surface area contributed by atoms with Gasteiger partial charge in [-0.3, -0.25) is 9.59 Å². The minimum absolute atomic E-state index is 0.0965. The Bertz CT molecular complexity index is 1510. The number of carbonyl (C=O) groups excluding carboxylic acids is 2. The summed E-state index contributed by atoms with van der Waals surface area (Å²) in [6.45, 7) is 7.27. The lowest BCUT2D eigenvalue weighted by Gasteiger charge is -2.43. The van der Waals surface area contributed by atoms with Crippen LogP contribution in [0.1, 0.15) is 42.5 Å². The maximum atomic E-state index is 13.8. The van der Waals surface area contributed by atoms with Crippen molar-refractivity contribution in [3.8, 4) is 11.9 Å². The van der Waals surface area contributed by atoms with E-state index in [0.717, 1.165) is 67.1 Å². The van der Waals surface area contributed by atoms with Gasteiger partial charge in [-0.2, -0.15) is 5.26 Å². The van der Waals surface area contributed by atoms with Gasteiger partial charge in [0.1, 0.15) is 6.61 Å². The van der Waals surface area contributed by atoms with Crippen LogP contribution in [0.25, 0.3) is 0 Å². The lowest BCUT2D eigenvalue weighted by atomic mass is 9.97. The summed E-state index contributed by atoms with van der Waals surface area (Å²) in [5.41, 5.74) is 6.19. The van der Waals surface area contributed by atoms with E-state index < -0.39 is 17.8 Å². The molecule has 10 nitrogen and oxygen atoms in total. The van der Waals surface area contributed by atoms with Crippen LogP contribution in [0.15, 0.2) is 36.7 Å². The van der Waals surface area contributed by atoms with Gasteiger partial charge in [0.15, 0.2) is 5.83 Å². The molecule has 0 saturated carbocycles. The third-order valence-corrected chi connectivity index (χ3v) is 9.63. The van der Waals surface area contributed by atoms with E-state index in [1.165, 1.54) is 10.5 Å². The number of aryl methyl sites for hydroxylation is 1. The highest BCUT2D eigenvalue weighted by molar-refractivity contribution is 5.99. The molecule has 44 heavy (non-hydrogen) atoms. The van der Waals surface area contributed by atoms with Gasteiger partial charge < -0.3 is 29.2 Å². The van der Waals surface area contributed by atoms with Crippen molar-refractivity contribution in [1.29, 1.82) is 5.26 Å². The Morgan fingerprint density at radius 3 is 2.70 bits per heavy atom. The average molecular weight is 602 g/mol. The lowest BCUT2D eigenvalue weighted by Crippen LogP contribution is -2.55. The second-order valence-corrected chi connectivity index (χ2v) is 12.3. The maximum absolute atomic E-state index is 13.8. The number of ether oxygens (including phenoxy) is 1. The first kappa shape index (κ1) is 29.9. The fourth-order valence-electron chi connectivity index (χ4n) is 7.16. The number of aromatic nitrogens is 1. The second-order valence-electron chi connectivity index (χ2n) is 12.3. The molecule has 6 rings (SSSR count). The van der Waals surface area contributed by atoms with Crippen molar-refractivity contribution < 1.29 is 18.7 Å². The van der Waals surface area contributed by atoms with Crippen LogP contribution in [-0.2, 0) is 29.0 Å². The Morgan fingerprint density at radius 1 is 1.11 bits per heavy atom. The van der Waals surface area contributed by atoms with Crippen molar-refractivity contribution in [1.82, 2.24) is 14.8 Å². The molecule has 2 amide bonds. The smallest absolute Gasteiger partial charge is 0.282 e. The molecular weight excluding hydrogens is 561 g/mol. The summed E-state index contributed by atoms with van der Waals surface area (Å²) in [5.74, 6) is -1.09. The highest BCUT2D eigenvalue weighted by Crippen LogP contribution is 2.40. The third kappa shape index (κ3) is 5.71. The van der Waals surface area contributed by atoms with Crippen molar-refractivity contribution >= 4 is 28.9 Å². The van der Waals surface area contributed by atoms with Gasteiger partial charge in [-0.25, -0.2) is 9.37 Å².